The molecule has 4 rings (SSSR count). The quantitative estimate of drug-likeness (QED) is 0.694. The summed E-state index contributed by atoms with van der Waals surface area (Å²) in [6.45, 7) is 3.69. The number of anilines is 1. The lowest BCUT2D eigenvalue weighted by atomic mass is 9.91. The minimum Gasteiger partial charge on any atom is -0.320 e. The third kappa shape index (κ3) is 5.60. The molecule has 0 spiro atoms. The molecule has 0 bridgehead atoms. The van der Waals surface area contributed by atoms with Crippen LogP contribution >= 0.6 is 11.6 Å². The first-order chi connectivity index (χ1) is 15.1. The van der Waals surface area contributed by atoms with Crippen LogP contribution in [0, 0.1) is 5.82 Å². The Bertz CT molecular complexity index is 933. The lowest BCUT2D eigenvalue weighted by Crippen LogP contribution is -2.47. The van der Waals surface area contributed by atoms with Crippen molar-refractivity contribution in [1.82, 2.24) is 19.8 Å². The molecule has 164 valence electrons. The van der Waals surface area contributed by atoms with E-state index in [4.69, 9.17) is 11.6 Å². The summed E-state index contributed by atoms with van der Waals surface area (Å²) in [4.78, 5) is 25.7. The van der Waals surface area contributed by atoms with Crippen molar-refractivity contribution in [3.63, 3.8) is 0 Å². The Balaban J connectivity index is 1.46. The maximum atomic E-state index is 13.5. The molecule has 1 N–H and O–H groups in total. The lowest BCUT2D eigenvalue weighted by molar-refractivity contribution is 0.170. The molecule has 1 aromatic heterocycles. The summed E-state index contributed by atoms with van der Waals surface area (Å²) in [6, 6.07) is 4.18. The van der Waals surface area contributed by atoms with Gasteiger partial charge >= 0.3 is 6.03 Å². The number of carbonyl (C=O) groups excluding carboxylic acids is 1. The second kappa shape index (κ2) is 10.2. The predicted molar refractivity (Wildman–Crippen MR) is 120 cm³/mol. The molecule has 1 fully saturated rings. The van der Waals surface area contributed by atoms with Crippen LogP contribution in [0.5, 0.6) is 0 Å². The number of amides is 2. The number of hydrogen-bond donors (Lipinski definition) is 1. The van der Waals surface area contributed by atoms with E-state index in [-0.39, 0.29) is 17.1 Å². The molecule has 2 heterocycles. The monoisotopic (exact) mass is 443 g/mol. The zero-order chi connectivity index (χ0) is 21.6. The van der Waals surface area contributed by atoms with Gasteiger partial charge in [0.1, 0.15) is 12.1 Å². The zero-order valence-corrected chi connectivity index (χ0v) is 18.2. The summed E-state index contributed by atoms with van der Waals surface area (Å²) in [5.74, 6) is -0.500. The normalized spacial score (nSPS) is 19.2. The molecule has 1 aliphatic carbocycles. The summed E-state index contributed by atoms with van der Waals surface area (Å²) in [5.41, 5.74) is 2.76. The molecule has 2 aliphatic rings. The van der Waals surface area contributed by atoms with Gasteiger partial charge in [0.05, 0.1) is 5.02 Å². The number of benzene rings is 1. The van der Waals surface area contributed by atoms with Gasteiger partial charge in [-0.25, -0.2) is 19.2 Å². The number of rotatable bonds is 6. The molecule has 1 unspecified atom stereocenters. The van der Waals surface area contributed by atoms with Crippen LogP contribution in [0.4, 0.5) is 14.9 Å². The second-order valence-electron chi connectivity index (χ2n) is 8.09. The van der Waals surface area contributed by atoms with E-state index in [2.05, 4.69) is 26.3 Å². The van der Waals surface area contributed by atoms with E-state index in [1.165, 1.54) is 42.9 Å². The number of allylic oxidation sites excluding steroid dienone is 1. The number of urea groups is 1. The molecule has 1 aliphatic heterocycles. The van der Waals surface area contributed by atoms with Crippen LogP contribution in [0.2, 0.25) is 5.02 Å². The molecular formula is C23H27ClFN5O. The van der Waals surface area contributed by atoms with Gasteiger partial charge in [0, 0.05) is 42.8 Å². The van der Waals surface area contributed by atoms with Crippen molar-refractivity contribution in [3.05, 3.63) is 59.4 Å². The van der Waals surface area contributed by atoms with E-state index in [1.54, 1.807) is 0 Å². The highest BCUT2D eigenvalue weighted by atomic mass is 35.5. The van der Waals surface area contributed by atoms with Gasteiger partial charge in [-0.05, 0) is 69.0 Å². The number of likely N-dealkylation sites (tertiary alicyclic amines) is 1. The number of nitrogens with one attached hydrogen (secondary N) is 1. The summed E-state index contributed by atoms with van der Waals surface area (Å²) >= 11 is 5.88. The van der Waals surface area contributed by atoms with E-state index in [0.29, 0.717) is 12.2 Å². The third-order valence-electron chi connectivity index (χ3n) is 6.04. The van der Waals surface area contributed by atoms with Gasteiger partial charge in [-0.15, -0.1) is 0 Å². The van der Waals surface area contributed by atoms with Crippen LogP contribution in [-0.2, 0) is 0 Å². The van der Waals surface area contributed by atoms with Gasteiger partial charge in [-0.2, -0.15) is 0 Å². The highest BCUT2D eigenvalue weighted by molar-refractivity contribution is 6.31. The molecule has 31 heavy (non-hydrogen) atoms. The maximum absolute atomic E-state index is 13.5. The number of carbonyl (C=O) groups is 1. The Kier molecular flexibility index (Phi) is 7.14. The molecule has 6 nitrogen and oxygen atoms in total. The largest absolute Gasteiger partial charge is 0.322 e. The molecule has 1 atom stereocenters. The van der Waals surface area contributed by atoms with Crippen LogP contribution in [0.15, 0.2) is 43.0 Å². The predicted octanol–water partition coefficient (Wildman–Crippen LogP) is 4.83. The Labute approximate surface area is 187 Å². The smallest absolute Gasteiger partial charge is 0.320 e. The van der Waals surface area contributed by atoms with E-state index in [0.717, 1.165) is 44.5 Å². The summed E-state index contributed by atoms with van der Waals surface area (Å²) < 4.78 is 13.5. The van der Waals surface area contributed by atoms with Crippen molar-refractivity contribution >= 4 is 28.9 Å². The minimum absolute atomic E-state index is 0.00302. The average molecular weight is 444 g/mol. The summed E-state index contributed by atoms with van der Waals surface area (Å²) in [6.07, 6.45) is 12.3. The molecular weight excluding hydrogens is 417 g/mol. The summed E-state index contributed by atoms with van der Waals surface area (Å²) in [7, 11) is 0. The highest BCUT2D eigenvalue weighted by Crippen LogP contribution is 2.29. The van der Waals surface area contributed by atoms with Crippen LogP contribution in [-0.4, -0.2) is 58.0 Å². The SMILES string of the molecule is O=C(Nc1ccc(F)c(Cl)c1)N(CCN1CCCC1)C1CC=C(c2cncnc2)CC1. The van der Waals surface area contributed by atoms with Gasteiger partial charge in [0.2, 0.25) is 0 Å². The fraction of sp³-hybridized carbons (Fsp3) is 0.435. The Morgan fingerprint density at radius 3 is 2.71 bits per heavy atom. The van der Waals surface area contributed by atoms with Crippen LogP contribution in [0.25, 0.3) is 5.57 Å². The topological polar surface area (TPSA) is 61.4 Å². The van der Waals surface area contributed by atoms with Crippen LogP contribution < -0.4 is 5.32 Å². The molecule has 0 saturated carbocycles. The standard InChI is InChI=1S/C23H27ClFN5O/c24-21-13-19(5-8-22(21)25)28-23(31)30(12-11-29-9-1-2-10-29)20-6-3-17(4-7-20)18-14-26-16-27-15-18/h3,5,8,13-16,20H,1-2,4,6-7,9-12H2,(H,28,31). The van der Waals surface area contributed by atoms with Crippen LogP contribution in [0.3, 0.4) is 0 Å². The molecule has 2 amide bonds. The average Bonchev–Trinajstić information content (AvgIpc) is 3.31. The van der Waals surface area contributed by atoms with Gasteiger partial charge in [0.15, 0.2) is 0 Å². The molecule has 0 radical (unpaired) electrons. The van der Waals surface area contributed by atoms with Crippen molar-refractivity contribution in [1.29, 1.82) is 0 Å². The van der Waals surface area contributed by atoms with Gasteiger partial charge < -0.3 is 15.1 Å². The Morgan fingerprint density at radius 2 is 2.03 bits per heavy atom. The van der Waals surface area contributed by atoms with Crippen molar-refractivity contribution in [3.8, 4) is 0 Å². The fourth-order valence-electron chi connectivity index (χ4n) is 4.30. The number of nitrogens with zero attached hydrogens (tertiary/aromatic N) is 4. The van der Waals surface area contributed by atoms with Gasteiger partial charge in [0.25, 0.3) is 0 Å². The zero-order valence-electron chi connectivity index (χ0n) is 17.4. The molecule has 2 aromatic rings. The first-order valence-electron chi connectivity index (χ1n) is 10.8. The van der Waals surface area contributed by atoms with E-state index >= 15 is 0 Å². The minimum atomic E-state index is -0.500. The van der Waals surface area contributed by atoms with E-state index < -0.39 is 5.82 Å². The molecule has 1 saturated heterocycles. The number of halogens is 2. The summed E-state index contributed by atoms with van der Waals surface area (Å²) in [5, 5.41) is 2.90. The second-order valence-corrected chi connectivity index (χ2v) is 8.49. The highest BCUT2D eigenvalue weighted by Gasteiger charge is 2.27. The number of hydrogen-bond acceptors (Lipinski definition) is 4. The Morgan fingerprint density at radius 1 is 1.26 bits per heavy atom. The molecule has 1 aromatic carbocycles. The van der Waals surface area contributed by atoms with Crippen molar-refractivity contribution in [2.75, 3.05) is 31.5 Å². The van der Waals surface area contributed by atoms with E-state index in [1.807, 2.05) is 17.3 Å². The number of aromatic nitrogens is 2. The van der Waals surface area contributed by atoms with Crippen molar-refractivity contribution < 1.29 is 9.18 Å². The third-order valence-corrected chi connectivity index (χ3v) is 6.33. The van der Waals surface area contributed by atoms with Crippen molar-refractivity contribution in [2.24, 2.45) is 0 Å². The van der Waals surface area contributed by atoms with Crippen molar-refractivity contribution in [2.45, 2.75) is 38.1 Å². The fourth-order valence-corrected chi connectivity index (χ4v) is 4.49. The van der Waals surface area contributed by atoms with Crippen LogP contribution in [0.1, 0.15) is 37.7 Å². The first kappa shape index (κ1) is 21.7. The molecule has 8 heteroatoms. The van der Waals surface area contributed by atoms with E-state index in [9.17, 15) is 9.18 Å². The van der Waals surface area contributed by atoms with Gasteiger partial charge in [-0.1, -0.05) is 17.7 Å². The Hall–Kier alpha value is -2.51. The first-order valence-corrected chi connectivity index (χ1v) is 11.2. The lowest BCUT2D eigenvalue weighted by Gasteiger charge is -2.35. The maximum Gasteiger partial charge on any atom is 0.322 e. The van der Waals surface area contributed by atoms with Gasteiger partial charge in [-0.3, -0.25) is 0 Å².